The maximum atomic E-state index is 13.0. The summed E-state index contributed by atoms with van der Waals surface area (Å²) >= 11 is 0.759. The number of carbonyl (C=O) groups is 1. The Kier molecular flexibility index (Phi) is 5.06. The van der Waals surface area contributed by atoms with Crippen molar-refractivity contribution in [2.75, 3.05) is 5.75 Å². The molecule has 1 aromatic carbocycles. The van der Waals surface area contributed by atoms with E-state index in [0.29, 0.717) is 6.07 Å². The summed E-state index contributed by atoms with van der Waals surface area (Å²) in [4.78, 5) is 10.7. The molecule has 0 spiro atoms. The number of aromatic hydroxyl groups is 1. The molecule has 3 N–H and O–H groups in total. The SMILES string of the molecule is CC(=O)SCC(O)C(O)c1cc(F)cc(F)c1O. The zero-order valence-electron chi connectivity index (χ0n) is 9.43. The lowest BCUT2D eigenvalue weighted by Crippen LogP contribution is -2.21. The first-order valence-electron chi connectivity index (χ1n) is 5.00. The van der Waals surface area contributed by atoms with Crippen molar-refractivity contribution < 1.29 is 28.9 Å². The fraction of sp³-hybridized carbons (Fsp3) is 0.364. The first kappa shape index (κ1) is 14.9. The number of hydrogen-bond acceptors (Lipinski definition) is 5. The summed E-state index contributed by atoms with van der Waals surface area (Å²) in [5, 5.41) is 28.3. The number of hydrogen-bond donors (Lipinski definition) is 3. The topological polar surface area (TPSA) is 77.8 Å². The van der Waals surface area contributed by atoms with Gasteiger partial charge in [-0.05, 0) is 6.07 Å². The van der Waals surface area contributed by atoms with Crippen molar-refractivity contribution >= 4 is 16.9 Å². The third kappa shape index (κ3) is 3.66. The van der Waals surface area contributed by atoms with Gasteiger partial charge in [-0.2, -0.15) is 0 Å². The molecule has 0 amide bonds. The molecule has 0 bridgehead atoms. The van der Waals surface area contributed by atoms with E-state index in [1.54, 1.807) is 0 Å². The fourth-order valence-electron chi connectivity index (χ4n) is 1.31. The molecule has 0 heterocycles. The molecule has 2 atom stereocenters. The Labute approximate surface area is 106 Å². The highest BCUT2D eigenvalue weighted by atomic mass is 32.2. The third-order valence-corrected chi connectivity index (χ3v) is 3.11. The zero-order chi connectivity index (χ0) is 13.9. The second-order valence-corrected chi connectivity index (χ2v) is 4.84. The van der Waals surface area contributed by atoms with Crippen molar-refractivity contribution in [3.05, 3.63) is 29.3 Å². The van der Waals surface area contributed by atoms with Crippen molar-refractivity contribution in [3.8, 4) is 5.75 Å². The van der Waals surface area contributed by atoms with Gasteiger partial charge in [0.05, 0.1) is 6.10 Å². The summed E-state index contributed by atoms with van der Waals surface area (Å²) in [6.45, 7) is 1.28. The second-order valence-electron chi connectivity index (χ2n) is 3.64. The van der Waals surface area contributed by atoms with Gasteiger partial charge in [0.15, 0.2) is 16.7 Å². The first-order chi connectivity index (χ1) is 8.32. The molecule has 1 rings (SSSR count). The summed E-state index contributed by atoms with van der Waals surface area (Å²) < 4.78 is 26.0. The Morgan fingerprint density at radius 3 is 2.56 bits per heavy atom. The number of benzene rings is 1. The van der Waals surface area contributed by atoms with Gasteiger partial charge in [-0.25, -0.2) is 8.78 Å². The molecule has 0 fully saturated rings. The van der Waals surface area contributed by atoms with Gasteiger partial charge in [0, 0.05) is 24.3 Å². The van der Waals surface area contributed by atoms with E-state index < -0.39 is 35.2 Å². The monoisotopic (exact) mass is 278 g/mol. The second kappa shape index (κ2) is 6.12. The van der Waals surface area contributed by atoms with E-state index in [1.807, 2.05) is 0 Å². The number of thioether (sulfide) groups is 1. The van der Waals surface area contributed by atoms with E-state index in [0.717, 1.165) is 17.8 Å². The smallest absolute Gasteiger partial charge is 0.185 e. The van der Waals surface area contributed by atoms with Crippen molar-refractivity contribution in [2.45, 2.75) is 19.1 Å². The van der Waals surface area contributed by atoms with Gasteiger partial charge in [-0.3, -0.25) is 4.79 Å². The van der Waals surface area contributed by atoms with Crippen LogP contribution in [0.25, 0.3) is 0 Å². The van der Waals surface area contributed by atoms with Crippen LogP contribution < -0.4 is 0 Å². The molecule has 0 aliphatic rings. The molecule has 0 aliphatic heterocycles. The summed E-state index contributed by atoms with van der Waals surface area (Å²) in [5.41, 5.74) is -0.454. The predicted molar refractivity (Wildman–Crippen MR) is 62.1 cm³/mol. The van der Waals surface area contributed by atoms with Gasteiger partial charge in [0.25, 0.3) is 0 Å². The fourth-order valence-corrected chi connectivity index (χ4v) is 1.90. The van der Waals surface area contributed by atoms with Crippen molar-refractivity contribution in [3.63, 3.8) is 0 Å². The molecule has 4 nitrogen and oxygen atoms in total. The minimum atomic E-state index is -1.68. The largest absolute Gasteiger partial charge is 0.505 e. The number of carbonyl (C=O) groups excluding carboxylic acids is 1. The van der Waals surface area contributed by atoms with Crippen LogP contribution in [0.5, 0.6) is 5.75 Å². The molecular weight excluding hydrogens is 266 g/mol. The highest BCUT2D eigenvalue weighted by Gasteiger charge is 2.24. The molecule has 100 valence electrons. The molecule has 18 heavy (non-hydrogen) atoms. The Bertz CT molecular complexity index is 453. The number of halogens is 2. The molecule has 7 heteroatoms. The maximum Gasteiger partial charge on any atom is 0.185 e. The summed E-state index contributed by atoms with van der Waals surface area (Å²) in [7, 11) is 0. The van der Waals surface area contributed by atoms with Crippen LogP contribution in [0.1, 0.15) is 18.6 Å². The molecule has 1 aromatic rings. The van der Waals surface area contributed by atoms with Crippen molar-refractivity contribution in [2.24, 2.45) is 0 Å². The number of aliphatic hydroxyl groups is 2. The summed E-state index contributed by atoms with van der Waals surface area (Å²) in [6.07, 6.45) is -3.10. The lowest BCUT2D eigenvalue weighted by atomic mass is 10.0. The minimum absolute atomic E-state index is 0.145. The standard InChI is InChI=1S/C11H12F2O4S/c1-5(14)18-4-9(15)11(17)7-2-6(12)3-8(13)10(7)16/h2-3,9,11,15-17H,4H2,1H3. The van der Waals surface area contributed by atoms with Crippen LogP contribution >= 0.6 is 11.8 Å². The van der Waals surface area contributed by atoms with E-state index in [9.17, 15) is 28.9 Å². The Balaban J connectivity index is 2.89. The third-order valence-electron chi connectivity index (χ3n) is 2.20. The van der Waals surface area contributed by atoms with E-state index in [4.69, 9.17) is 0 Å². The van der Waals surface area contributed by atoms with E-state index >= 15 is 0 Å². The van der Waals surface area contributed by atoms with Crippen LogP contribution in [0.3, 0.4) is 0 Å². The summed E-state index contributed by atoms with van der Waals surface area (Å²) in [6, 6.07) is 1.19. The number of phenols is 1. The van der Waals surface area contributed by atoms with Crippen molar-refractivity contribution in [1.82, 2.24) is 0 Å². The van der Waals surface area contributed by atoms with E-state index in [-0.39, 0.29) is 10.9 Å². The van der Waals surface area contributed by atoms with Gasteiger partial charge in [0.1, 0.15) is 11.9 Å². The van der Waals surface area contributed by atoms with Gasteiger partial charge in [-0.15, -0.1) is 0 Å². The minimum Gasteiger partial charge on any atom is -0.505 e. The van der Waals surface area contributed by atoms with Gasteiger partial charge < -0.3 is 15.3 Å². The molecule has 2 unspecified atom stereocenters. The average Bonchev–Trinajstić information content (AvgIpc) is 2.29. The van der Waals surface area contributed by atoms with Crippen LogP contribution in [0.15, 0.2) is 12.1 Å². The van der Waals surface area contributed by atoms with Crippen molar-refractivity contribution in [1.29, 1.82) is 0 Å². The molecule has 0 aliphatic carbocycles. The molecule has 0 saturated heterocycles. The van der Waals surface area contributed by atoms with Crippen LogP contribution in [0.4, 0.5) is 8.78 Å². The normalized spacial score (nSPS) is 14.3. The lowest BCUT2D eigenvalue weighted by molar-refractivity contribution is -0.109. The number of aliphatic hydroxyl groups excluding tert-OH is 2. The van der Waals surface area contributed by atoms with Gasteiger partial charge in [-0.1, -0.05) is 11.8 Å². The molecule has 0 saturated carbocycles. The Morgan fingerprint density at radius 2 is 2.00 bits per heavy atom. The molecular formula is C11H12F2O4S. The highest BCUT2D eigenvalue weighted by Crippen LogP contribution is 2.30. The molecule has 0 radical (unpaired) electrons. The Hall–Kier alpha value is -1.18. The highest BCUT2D eigenvalue weighted by molar-refractivity contribution is 8.13. The predicted octanol–water partition coefficient (Wildman–Crippen LogP) is 1.34. The van der Waals surface area contributed by atoms with Gasteiger partial charge in [0.2, 0.25) is 0 Å². The number of phenolic OH excluding ortho intramolecular Hbond substituents is 1. The quantitative estimate of drug-likeness (QED) is 0.775. The van der Waals surface area contributed by atoms with Crippen LogP contribution in [-0.4, -0.2) is 32.3 Å². The van der Waals surface area contributed by atoms with E-state index in [1.165, 1.54) is 6.92 Å². The zero-order valence-corrected chi connectivity index (χ0v) is 10.2. The van der Waals surface area contributed by atoms with Crippen LogP contribution in [-0.2, 0) is 4.79 Å². The van der Waals surface area contributed by atoms with Crippen LogP contribution in [0.2, 0.25) is 0 Å². The Morgan fingerprint density at radius 1 is 1.39 bits per heavy atom. The van der Waals surface area contributed by atoms with Gasteiger partial charge >= 0.3 is 0 Å². The molecule has 0 aromatic heterocycles. The average molecular weight is 278 g/mol. The number of rotatable bonds is 4. The lowest BCUT2D eigenvalue weighted by Gasteiger charge is -2.18. The first-order valence-corrected chi connectivity index (χ1v) is 5.99. The van der Waals surface area contributed by atoms with E-state index in [2.05, 4.69) is 0 Å². The maximum absolute atomic E-state index is 13.0. The summed E-state index contributed by atoms with van der Waals surface area (Å²) in [5.74, 6) is -3.27. The van der Waals surface area contributed by atoms with Crippen LogP contribution in [0, 0.1) is 11.6 Å².